The molecule has 0 radical (unpaired) electrons. The molecule has 31 heavy (non-hydrogen) atoms. The molecule has 2 heterocycles. The van der Waals surface area contributed by atoms with Gasteiger partial charge in [0, 0.05) is 30.5 Å². The van der Waals surface area contributed by atoms with Crippen LogP contribution in [-0.2, 0) is 4.79 Å². The summed E-state index contributed by atoms with van der Waals surface area (Å²) in [6.45, 7) is 4.83. The van der Waals surface area contributed by atoms with Crippen LogP contribution in [0.5, 0.6) is 0 Å². The number of para-hydroxylation sites is 2. The lowest BCUT2D eigenvalue weighted by molar-refractivity contribution is -0.121. The molecule has 3 aromatic rings. The second-order valence-electron chi connectivity index (χ2n) is 8.03. The lowest BCUT2D eigenvalue weighted by atomic mass is 9.96. The summed E-state index contributed by atoms with van der Waals surface area (Å²) in [5, 5.41) is 2.98. The van der Waals surface area contributed by atoms with Crippen molar-refractivity contribution < 1.29 is 9.59 Å². The van der Waals surface area contributed by atoms with Gasteiger partial charge in [-0.15, -0.1) is 0 Å². The van der Waals surface area contributed by atoms with E-state index in [4.69, 9.17) is 0 Å². The van der Waals surface area contributed by atoms with Gasteiger partial charge in [-0.3, -0.25) is 14.2 Å². The molecule has 7 heteroatoms. The Morgan fingerprint density at radius 1 is 1.06 bits per heavy atom. The SMILES string of the molecule is Cc1ccc(C(=O)N2CCCC(C(=O)Nc3ccccc3-n3c(C)c[nH]c3=O)C2)cc1. The van der Waals surface area contributed by atoms with Crippen LogP contribution in [0.3, 0.4) is 0 Å². The van der Waals surface area contributed by atoms with Crippen molar-refractivity contribution in [3.05, 3.63) is 82.0 Å². The molecular weight excluding hydrogens is 392 g/mol. The summed E-state index contributed by atoms with van der Waals surface area (Å²) in [6.07, 6.45) is 3.12. The molecule has 2 aromatic carbocycles. The van der Waals surface area contributed by atoms with Crippen molar-refractivity contribution in [3.63, 3.8) is 0 Å². The first-order valence-electron chi connectivity index (χ1n) is 10.5. The molecule has 0 bridgehead atoms. The molecule has 0 aliphatic carbocycles. The van der Waals surface area contributed by atoms with Gasteiger partial charge in [-0.25, -0.2) is 4.79 Å². The second kappa shape index (κ2) is 8.63. The molecule has 1 unspecified atom stereocenters. The van der Waals surface area contributed by atoms with Gasteiger partial charge in [-0.05, 0) is 51.0 Å². The number of aromatic nitrogens is 2. The van der Waals surface area contributed by atoms with Crippen LogP contribution >= 0.6 is 0 Å². The first-order chi connectivity index (χ1) is 14.9. The molecule has 2 N–H and O–H groups in total. The van der Waals surface area contributed by atoms with Crippen LogP contribution < -0.4 is 11.0 Å². The highest BCUT2D eigenvalue weighted by molar-refractivity contribution is 5.97. The van der Waals surface area contributed by atoms with Crippen molar-refractivity contribution in [2.75, 3.05) is 18.4 Å². The molecule has 1 aromatic heterocycles. The highest BCUT2D eigenvalue weighted by Crippen LogP contribution is 2.24. The van der Waals surface area contributed by atoms with Gasteiger partial charge < -0.3 is 15.2 Å². The predicted molar refractivity (Wildman–Crippen MR) is 120 cm³/mol. The predicted octanol–water partition coefficient (Wildman–Crippen LogP) is 3.27. The van der Waals surface area contributed by atoms with Crippen LogP contribution in [0, 0.1) is 19.8 Å². The molecule has 2 amide bonds. The number of H-pyrrole nitrogens is 1. The minimum atomic E-state index is -0.305. The van der Waals surface area contributed by atoms with Gasteiger partial charge in [0.1, 0.15) is 0 Å². The van der Waals surface area contributed by atoms with E-state index in [1.54, 1.807) is 23.2 Å². The number of rotatable bonds is 4. The van der Waals surface area contributed by atoms with Crippen molar-refractivity contribution in [1.29, 1.82) is 0 Å². The summed E-state index contributed by atoms with van der Waals surface area (Å²) in [5.74, 6) is -0.497. The van der Waals surface area contributed by atoms with E-state index in [1.165, 1.54) is 4.57 Å². The zero-order valence-electron chi connectivity index (χ0n) is 17.7. The Morgan fingerprint density at radius 3 is 2.52 bits per heavy atom. The summed E-state index contributed by atoms with van der Waals surface area (Å²) in [4.78, 5) is 42.6. The summed E-state index contributed by atoms with van der Waals surface area (Å²) in [6, 6.07) is 14.7. The topological polar surface area (TPSA) is 87.2 Å². The highest BCUT2D eigenvalue weighted by atomic mass is 16.2. The molecule has 1 atom stereocenters. The number of anilines is 1. The Hall–Kier alpha value is -3.61. The maximum absolute atomic E-state index is 13.1. The number of aryl methyl sites for hydroxylation is 2. The van der Waals surface area contributed by atoms with Crippen molar-refractivity contribution in [2.45, 2.75) is 26.7 Å². The number of benzene rings is 2. The number of imidazole rings is 1. The fourth-order valence-corrected chi connectivity index (χ4v) is 4.02. The fraction of sp³-hybridized carbons (Fsp3) is 0.292. The van der Waals surface area contributed by atoms with Crippen molar-refractivity contribution in [3.8, 4) is 5.69 Å². The van der Waals surface area contributed by atoms with Crippen molar-refractivity contribution in [1.82, 2.24) is 14.5 Å². The third-order valence-electron chi connectivity index (χ3n) is 5.74. The zero-order valence-corrected chi connectivity index (χ0v) is 17.7. The standard InChI is InChI=1S/C24H26N4O3/c1-16-9-11-18(12-10-16)23(30)27-13-5-6-19(15-27)22(29)26-20-7-3-4-8-21(20)28-17(2)14-25-24(28)31/h3-4,7-12,14,19H,5-6,13,15H2,1-2H3,(H,25,31)(H,26,29). The molecule has 4 rings (SSSR count). The van der Waals surface area contributed by atoms with E-state index in [0.29, 0.717) is 30.0 Å². The number of nitrogens with one attached hydrogen (secondary N) is 2. The number of hydrogen-bond acceptors (Lipinski definition) is 3. The number of nitrogens with zero attached hydrogens (tertiary/aromatic N) is 2. The summed E-state index contributed by atoms with van der Waals surface area (Å²) in [5.41, 5.74) is 3.41. The average molecular weight is 418 g/mol. The maximum atomic E-state index is 13.1. The number of aromatic amines is 1. The number of carbonyl (C=O) groups excluding carboxylic acids is 2. The van der Waals surface area contributed by atoms with Gasteiger partial charge in [-0.2, -0.15) is 0 Å². The van der Waals surface area contributed by atoms with Crippen molar-refractivity contribution >= 4 is 17.5 Å². The molecule has 1 fully saturated rings. The van der Waals surface area contributed by atoms with Gasteiger partial charge >= 0.3 is 5.69 Å². The van der Waals surface area contributed by atoms with Gasteiger partial charge in [0.25, 0.3) is 5.91 Å². The zero-order chi connectivity index (χ0) is 22.0. The van der Waals surface area contributed by atoms with Crippen LogP contribution in [0.4, 0.5) is 5.69 Å². The van der Waals surface area contributed by atoms with Crippen LogP contribution in [0.1, 0.15) is 34.5 Å². The van der Waals surface area contributed by atoms with Crippen LogP contribution in [0.15, 0.2) is 59.5 Å². The molecular formula is C24H26N4O3. The van der Waals surface area contributed by atoms with E-state index >= 15 is 0 Å². The fourth-order valence-electron chi connectivity index (χ4n) is 4.02. The molecule has 7 nitrogen and oxygen atoms in total. The Morgan fingerprint density at radius 2 is 1.81 bits per heavy atom. The number of piperidine rings is 1. The second-order valence-corrected chi connectivity index (χ2v) is 8.03. The summed E-state index contributed by atoms with van der Waals surface area (Å²) >= 11 is 0. The van der Waals surface area contributed by atoms with Crippen LogP contribution in [0.25, 0.3) is 5.69 Å². The lowest BCUT2D eigenvalue weighted by Crippen LogP contribution is -2.43. The van der Waals surface area contributed by atoms with E-state index in [-0.39, 0.29) is 23.4 Å². The average Bonchev–Trinajstić information content (AvgIpc) is 3.12. The number of amides is 2. The van der Waals surface area contributed by atoms with Crippen LogP contribution in [-0.4, -0.2) is 39.4 Å². The third kappa shape index (κ3) is 4.30. The summed E-state index contributed by atoms with van der Waals surface area (Å²) in [7, 11) is 0. The molecule has 160 valence electrons. The van der Waals surface area contributed by atoms with Gasteiger partial charge in [0.15, 0.2) is 0 Å². The Kier molecular flexibility index (Phi) is 5.75. The first kappa shape index (κ1) is 20.7. The first-order valence-corrected chi connectivity index (χ1v) is 10.5. The number of likely N-dealkylation sites (tertiary alicyclic amines) is 1. The van der Waals surface area contributed by atoms with E-state index in [9.17, 15) is 14.4 Å². The van der Waals surface area contributed by atoms with E-state index in [1.807, 2.05) is 50.2 Å². The van der Waals surface area contributed by atoms with E-state index in [0.717, 1.165) is 24.1 Å². The van der Waals surface area contributed by atoms with Crippen LogP contribution in [0.2, 0.25) is 0 Å². The Bertz CT molecular complexity index is 1160. The highest BCUT2D eigenvalue weighted by Gasteiger charge is 2.29. The third-order valence-corrected chi connectivity index (χ3v) is 5.74. The lowest BCUT2D eigenvalue weighted by Gasteiger charge is -2.32. The molecule has 1 aliphatic heterocycles. The largest absolute Gasteiger partial charge is 0.338 e. The Balaban J connectivity index is 1.50. The normalized spacial score (nSPS) is 16.2. The monoisotopic (exact) mass is 418 g/mol. The van der Waals surface area contributed by atoms with Gasteiger partial charge in [0.05, 0.1) is 17.3 Å². The molecule has 1 saturated heterocycles. The Labute approximate surface area is 180 Å². The molecule has 1 aliphatic rings. The molecule has 0 spiro atoms. The minimum absolute atomic E-state index is 0.0487. The number of carbonyl (C=O) groups is 2. The van der Waals surface area contributed by atoms with Crippen molar-refractivity contribution in [2.24, 2.45) is 5.92 Å². The minimum Gasteiger partial charge on any atom is -0.338 e. The van der Waals surface area contributed by atoms with Gasteiger partial charge in [0.2, 0.25) is 5.91 Å². The molecule has 0 saturated carbocycles. The van der Waals surface area contributed by atoms with Gasteiger partial charge in [-0.1, -0.05) is 29.8 Å². The quantitative estimate of drug-likeness (QED) is 0.682. The number of hydrogen-bond donors (Lipinski definition) is 2. The maximum Gasteiger partial charge on any atom is 0.330 e. The van der Waals surface area contributed by atoms with E-state index < -0.39 is 0 Å². The summed E-state index contributed by atoms with van der Waals surface area (Å²) < 4.78 is 1.53. The van der Waals surface area contributed by atoms with E-state index in [2.05, 4.69) is 10.3 Å². The smallest absolute Gasteiger partial charge is 0.330 e.